The van der Waals surface area contributed by atoms with E-state index >= 15 is 0 Å². The zero-order valence-electron chi connectivity index (χ0n) is 14.2. The van der Waals surface area contributed by atoms with Crippen LogP contribution in [0, 0.1) is 6.92 Å². The molecule has 0 spiro atoms. The van der Waals surface area contributed by atoms with Gasteiger partial charge in [-0.3, -0.25) is 14.7 Å². The molecule has 2 fully saturated rings. The van der Waals surface area contributed by atoms with Gasteiger partial charge >= 0.3 is 0 Å². The fourth-order valence-corrected chi connectivity index (χ4v) is 3.54. The molecule has 1 aromatic heterocycles. The van der Waals surface area contributed by atoms with E-state index in [-0.39, 0.29) is 11.9 Å². The van der Waals surface area contributed by atoms with E-state index in [1.807, 2.05) is 31.2 Å². The minimum Gasteiger partial charge on any atom is -0.497 e. The first-order valence-electron chi connectivity index (χ1n) is 8.64. The van der Waals surface area contributed by atoms with E-state index < -0.39 is 0 Å². The summed E-state index contributed by atoms with van der Waals surface area (Å²) >= 11 is 0. The van der Waals surface area contributed by atoms with Crippen molar-refractivity contribution in [3.8, 4) is 5.75 Å². The normalized spacial score (nSPS) is 21.2. The highest BCUT2D eigenvalue weighted by atomic mass is 16.5. The third kappa shape index (κ3) is 2.96. The van der Waals surface area contributed by atoms with E-state index in [1.54, 1.807) is 7.11 Å². The van der Waals surface area contributed by atoms with Crippen molar-refractivity contribution in [1.82, 2.24) is 15.2 Å². The van der Waals surface area contributed by atoms with Crippen LogP contribution in [0.5, 0.6) is 5.75 Å². The molecule has 5 nitrogen and oxygen atoms in total. The molecule has 1 N–H and O–H groups in total. The molecule has 1 unspecified atom stereocenters. The molecule has 4 rings (SSSR count). The van der Waals surface area contributed by atoms with E-state index in [2.05, 4.69) is 15.2 Å². The molecule has 24 heavy (non-hydrogen) atoms. The number of ether oxygens (including phenoxy) is 1. The maximum absolute atomic E-state index is 12.7. The second kappa shape index (κ2) is 6.06. The summed E-state index contributed by atoms with van der Waals surface area (Å²) < 4.78 is 5.24. The Morgan fingerprint density at radius 1 is 1.29 bits per heavy atom. The first kappa shape index (κ1) is 15.4. The zero-order valence-corrected chi connectivity index (χ0v) is 14.2. The number of amides is 1. The van der Waals surface area contributed by atoms with Crippen LogP contribution in [0.25, 0.3) is 10.9 Å². The highest BCUT2D eigenvalue weighted by Gasteiger charge is 2.34. The number of pyridine rings is 1. The fraction of sp³-hybridized carbons (Fsp3) is 0.474. The molecular formula is C19H23N3O2. The number of likely N-dealkylation sites (tertiary alicyclic amines) is 1. The maximum Gasteiger partial charge on any atom is 0.253 e. The number of nitrogens with zero attached hydrogens (tertiary/aromatic N) is 2. The predicted octanol–water partition coefficient (Wildman–Crippen LogP) is 2.52. The second-order valence-electron chi connectivity index (χ2n) is 6.87. The predicted molar refractivity (Wildman–Crippen MR) is 93.5 cm³/mol. The lowest BCUT2D eigenvalue weighted by molar-refractivity contribution is 0.0936. The number of carbonyl (C=O) groups is 1. The molecule has 1 saturated heterocycles. The lowest BCUT2D eigenvalue weighted by Gasteiger charge is -2.16. The number of methoxy groups -OCH3 is 1. The van der Waals surface area contributed by atoms with Crippen molar-refractivity contribution in [3.05, 3.63) is 35.5 Å². The molecule has 0 bridgehead atoms. The highest BCUT2D eigenvalue weighted by Crippen LogP contribution is 2.30. The minimum absolute atomic E-state index is 0.0136. The molecule has 1 aromatic carbocycles. The number of hydrogen-bond donors (Lipinski definition) is 1. The van der Waals surface area contributed by atoms with E-state index in [1.165, 1.54) is 12.8 Å². The molecule has 2 heterocycles. The van der Waals surface area contributed by atoms with Gasteiger partial charge in [0.15, 0.2) is 0 Å². The Morgan fingerprint density at radius 2 is 2.12 bits per heavy atom. The van der Waals surface area contributed by atoms with Gasteiger partial charge in [-0.1, -0.05) is 0 Å². The van der Waals surface area contributed by atoms with E-state index in [4.69, 9.17) is 4.74 Å². The molecule has 1 saturated carbocycles. The molecule has 1 atom stereocenters. The van der Waals surface area contributed by atoms with Gasteiger partial charge in [-0.15, -0.1) is 0 Å². The average molecular weight is 325 g/mol. The number of benzene rings is 1. The van der Waals surface area contributed by atoms with Crippen LogP contribution >= 0.6 is 0 Å². The van der Waals surface area contributed by atoms with Crippen LogP contribution < -0.4 is 10.1 Å². The number of hydrogen-bond acceptors (Lipinski definition) is 4. The van der Waals surface area contributed by atoms with E-state index in [0.29, 0.717) is 5.56 Å². The summed E-state index contributed by atoms with van der Waals surface area (Å²) in [7, 11) is 1.64. The van der Waals surface area contributed by atoms with Crippen molar-refractivity contribution < 1.29 is 9.53 Å². The van der Waals surface area contributed by atoms with Crippen LogP contribution in [0.4, 0.5) is 0 Å². The zero-order chi connectivity index (χ0) is 16.7. The molecular weight excluding hydrogens is 302 g/mol. The molecule has 2 aliphatic rings. The van der Waals surface area contributed by atoms with Gasteiger partial charge in [-0.05, 0) is 44.4 Å². The Bertz CT molecular complexity index is 786. The minimum atomic E-state index is -0.0136. The van der Waals surface area contributed by atoms with Crippen molar-refractivity contribution in [2.24, 2.45) is 0 Å². The van der Waals surface area contributed by atoms with Gasteiger partial charge in [-0.2, -0.15) is 0 Å². The monoisotopic (exact) mass is 325 g/mol. The quantitative estimate of drug-likeness (QED) is 0.938. The number of nitrogens with one attached hydrogen (secondary N) is 1. The number of rotatable bonds is 4. The molecule has 1 aliphatic heterocycles. The summed E-state index contributed by atoms with van der Waals surface area (Å²) in [4.78, 5) is 19.8. The van der Waals surface area contributed by atoms with Crippen LogP contribution in [0.3, 0.4) is 0 Å². The standard InChI is InChI=1S/C19H23N3O2/c1-12-17(9-13-3-6-16(24-2)10-18(13)20-12)19(23)21-14-7-8-22(11-14)15-4-5-15/h3,6,9-10,14-15H,4-5,7-8,11H2,1-2H3,(H,21,23). The van der Waals surface area contributed by atoms with E-state index in [9.17, 15) is 4.79 Å². The topological polar surface area (TPSA) is 54.5 Å². The van der Waals surface area contributed by atoms with Gasteiger partial charge in [0, 0.05) is 36.6 Å². The Hall–Kier alpha value is -2.14. The maximum atomic E-state index is 12.7. The number of aromatic nitrogens is 1. The first-order valence-corrected chi connectivity index (χ1v) is 8.64. The summed E-state index contributed by atoms with van der Waals surface area (Å²) in [5.41, 5.74) is 2.27. The first-order chi connectivity index (χ1) is 11.6. The third-order valence-corrected chi connectivity index (χ3v) is 5.08. The van der Waals surface area contributed by atoms with Crippen LogP contribution in [0.1, 0.15) is 35.3 Å². The van der Waals surface area contributed by atoms with Crippen LogP contribution in [0.15, 0.2) is 24.3 Å². The van der Waals surface area contributed by atoms with Crippen molar-refractivity contribution in [1.29, 1.82) is 0 Å². The summed E-state index contributed by atoms with van der Waals surface area (Å²) in [5, 5.41) is 4.15. The van der Waals surface area contributed by atoms with Crippen molar-refractivity contribution >= 4 is 16.8 Å². The smallest absolute Gasteiger partial charge is 0.253 e. The lowest BCUT2D eigenvalue weighted by Crippen LogP contribution is -2.37. The molecule has 1 aliphatic carbocycles. The van der Waals surface area contributed by atoms with Crippen LogP contribution in [0.2, 0.25) is 0 Å². The Labute approximate surface area is 142 Å². The summed E-state index contributed by atoms with van der Waals surface area (Å²) in [6.07, 6.45) is 3.68. The van der Waals surface area contributed by atoms with Gasteiger partial charge in [0.1, 0.15) is 5.75 Å². The number of aryl methyl sites for hydroxylation is 1. The Balaban J connectivity index is 1.52. The molecule has 2 aromatic rings. The number of fused-ring (bicyclic) bond motifs is 1. The summed E-state index contributed by atoms with van der Waals surface area (Å²) in [6, 6.07) is 8.69. The number of carbonyl (C=O) groups excluding carboxylic acids is 1. The van der Waals surface area contributed by atoms with Crippen molar-refractivity contribution in [3.63, 3.8) is 0 Å². The highest BCUT2D eigenvalue weighted by molar-refractivity contribution is 5.99. The third-order valence-electron chi connectivity index (χ3n) is 5.08. The van der Waals surface area contributed by atoms with Gasteiger partial charge in [0.2, 0.25) is 0 Å². The van der Waals surface area contributed by atoms with Crippen molar-refractivity contribution in [2.45, 2.75) is 38.3 Å². The largest absolute Gasteiger partial charge is 0.497 e. The van der Waals surface area contributed by atoms with Gasteiger partial charge in [-0.25, -0.2) is 0 Å². The Morgan fingerprint density at radius 3 is 2.88 bits per heavy atom. The van der Waals surface area contributed by atoms with Crippen LogP contribution in [-0.4, -0.2) is 48.1 Å². The SMILES string of the molecule is COc1ccc2cc(C(=O)NC3CCN(C4CC4)C3)c(C)nc2c1. The summed E-state index contributed by atoms with van der Waals surface area (Å²) in [6.45, 7) is 3.97. The van der Waals surface area contributed by atoms with Gasteiger partial charge in [0.25, 0.3) is 5.91 Å². The molecule has 0 radical (unpaired) electrons. The second-order valence-corrected chi connectivity index (χ2v) is 6.87. The Kier molecular flexibility index (Phi) is 3.88. The van der Waals surface area contributed by atoms with Gasteiger partial charge < -0.3 is 10.1 Å². The summed E-state index contributed by atoms with van der Waals surface area (Å²) in [5.74, 6) is 0.762. The van der Waals surface area contributed by atoms with Gasteiger partial charge in [0.05, 0.1) is 23.9 Å². The van der Waals surface area contributed by atoms with Crippen molar-refractivity contribution in [2.75, 3.05) is 20.2 Å². The average Bonchev–Trinajstić information content (AvgIpc) is 3.33. The van der Waals surface area contributed by atoms with Crippen LogP contribution in [-0.2, 0) is 0 Å². The molecule has 1 amide bonds. The molecule has 126 valence electrons. The molecule has 5 heteroatoms. The lowest BCUT2D eigenvalue weighted by atomic mass is 10.1. The fourth-order valence-electron chi connectivity index (χ4n) is 3.54. The van der Waals surface area contributed by atoms with E-state index in [0.717, 1.165) is 47.9 Å².